The quantitative estimate of drug-likeness (QED) is 0.763. The van der Waals surface area contributed by atoms with Gasteiger partial charge in [-0.2, -0.15) is 0 Å². The Labute approximate surface area is 125 Å². The van der Waals surface area contributed by atoms with Gasteiger partial charge in [0, 0.05) is 25.0 Å². The van der Waals surface area contributed by atoms with Gasteiger partial charge in [-0.1, -0.05) is 38.1 Å². The van der Waals surface area contributed by atoms with Gasteiger partial charge in [-0.3, -0.25) is 0 Å². The Hall–Kier alpha value is -1.63. The molecule has 0 bridgehead atoms. The maximum atomic E-state index is 12.1. The van der Waals surface area contributed by atoms with Crippen LogP contribution in [-0.2, 0) is 23.1 Å². The lowest BCUT2D eigenvalue weighted by atomic mass is 10.0. The van der Waals surface area contributed by atoms with E-state index in [9.17, 15) is 8.42 Å². The van der Waals surface area contributed by atoms with E-state index >= 15 is 0 Å². The maximum absolute atomic E-state index is 12.1. The van der Waals surface area contributed by atoms with E-state index < -0.39 is 10.0 Å². The molecule has 4 N–H and O–H groups in total. The van der Waals surface area contributed by atoms with Crippen molar-refractivity contribution in [1.29, 1.82) is 0 Å². The van der Waals surface area contributed by atoms with Crippen LogP contribution in [0.25, 0.3) is 0 Å². The molecule has 0 atom stereocenters. The summed E-state index contributed by atoms with van der Waals surface area (Å²) in [4.78, 5) is 3.05. The van der Waals surface area contributed by atoms with Crippen molar-refractivity contribution in [1.82, 2.24) is 9.71 Å². The van der Waals surface area contributed by atoms with Crippen LogP contribution in [-0.4, -0.2) is 13.4 Å². The number of benzene rings is 1. The molecule has 0 unspecified atom stereocenters. The molecule has 1 aromatic heterocycles. The van der Waals surface area contributed by atoms with E-state index in [2.05, 4.69) is 23.6 Å². The number of aromatic amines is 1. The molecule has 2 aromatic rings. The first-order valence-electron chi connectivity index (χ1n) is 6.88. The van der Waals surface area contributed by atoms with E-state index in [1.54, 1.807) is 6.07 Å². The third-order valence-electron chi connectivity index (χ3n) is 3.36. The number of aromatic nitrogens is 1. The third kappa shape index (κ3) is 3.93. The van der Waals surface area contributed by atoms with E-state index in [4.69, 9.17) is 5.73 Å². The van der Waals surface area contributed by atoms with Gasteiger partial charge < -0.3 is 10.7 Å². The number of rotatable bonds is 6. The Morgan fingerprint density at radius 2 is 1.90 bits per heavy atom. The Kier molecular flexibility index (Phi) is 4.82. The summed E-state index contributed by atoms with van der Waals surface area (Å²) >= 11 is 0. The lowest BCUT2D eigenvalue weighted by Crippen LogP contribution is -2.22. The van der Waals surface area contributed by atoms with Gasteiger partial charge in [-0.25, -0.2) is 13.1 Å². The molecule has 114 valence electrons. The average Bonchev–Trinajstić information content (AvgIpc) is 2.95. The second-order valence-electron chi connectivity index (χ2n) is 5.29. The van der Waals surface area contributed by atoms with Gasteiger partial charge in [0.05, 0.1) is 4.90 Å². The van der Waals surface area contributed by atoms with Gasteiger partial charge in [-0.05, 0) is 23.1 Å². The fourth-order valence-corrected chi connectivity index (χ4v) is 3.01. The number of nitrogens with one attached hydrogen (secondary N) is 2. The first-order chi connectivity index (χ1) is 9.92. The molecule has 0 spiro atoms. The molecule has 0 saturated heterocycles. The molecule has 0 saturated carbocycles. The molecular weight excluding hydrogens is 286 g/mol. The molecule has 0 aliphatic rings. The van der Waals surface area contributed by atoms with Crippen LogP contribution < -0.4 is 10.5 Å². The third-order valence-corrected chi connectivity index (χ3v) is 4.74. The van der Waals surface area contributed by atoms with Crippen LogP contribution in [0.5, 0.6) is 0 Å². The minimum atomic E-state index is -3.51. The Morgan fingerprint density at radius 1 is 1.24 bits per heavy atom. The van der Waals surface area contributed by atoms with Crippen LogP contribution >= 0.6 is 0 Å². The molecule has 0 radical (unpaired) electrons. The van der Waals surface area contributed by atoms with Gasteiger partial charge in [0.25, 0.3) is 0 Å². The van der Waals surface area contributed by atoms with E-state index in [1.807, 2.05) is 24.3 Å². The molecule has 0 amide bonds. The molecule has 1 heterocycles. The first-order valence-corrected chi connectivity index (χ1v) is 8.36. The predicted molar refractivity (Wildman–Crippen MR) is 83.2 cm³/mol. The van der Waals surface area contributed by atoms with Crippen molar-refractivity contribution in [2.45, 2.75) is 37.8 Å². The molecule has 5 nitrogen and oxygen atoms in total. The van der Waals surface area contributed by atoms with Gasteiger partial charge in [-0.15, -0.1) is 0 Å². The van der Waals surface area contributed by atoms with Crippen molar-refractivity contribution in [2.75, 3.05) is 0 Å². The summed E-state index contributed by atoms with van der Waals surface area (Å²) in [5.41, 5.74) is 8.32. The van der Waals surface area contributed by atoms with Crippen LogP contribution in [0.15, 0.2) is 41.4 Å². The smallest absolute Gasteiger partial charge is 0.242 e. The van der Waals surface area contributed by atoms with E-state index in [1.165, 1.54) is 11.8 Å². The van der Waals surface area contributed by atoms with Crippen molar-refractivity contribution in [3.63, 3.8) is 0 Å². The number of H-pyrrole nitrogens is 1. The summed E-state index contributed by atoms with van der Waals surface area (Å²) < 4.78 is 26.9. The largest absolute Gasteiger partial charge is 0.363 e. The van der Waals surface area contributed by atoms with E-state index in [0.717, 1.165) is 5.56 Å². The second-order valence-corrected chi connectivity index (χ2v) is 7.05. The highest BCUT2D eigenvalue weighted by atomic mass is 32.2. The van der Waals surface area contributed by atoms with Gasteiger partial charge >= 0.3 is 0 Å². The summed E-state index contributed by atoms with van der Waals surface area (Å²) in [6.07, 6.45) is 1.45. The van der Waals surface area contributed by atoms with Crippen molar-refractivity contribution >= 4 is 10.0 Å². The highest BCUT2D eigenvalue weighted by Gasteiger charge is 2.15. The lowest BCUT2D eigenvalue weighted by Gasteiger charge is -2.08. The fourth-order valence-electron chi connectivity index (χ4n) is 1.97. The zero-order valence-electron chi connectivity index (χ0n) is 12.3. The summed E-state index contributed by atoms with van der Waals surface area (Å²) in [5, 5.41) is 0. The zero-order chi connectivity index (χ0) is 15.5. The van der Waals surface area contributed by atoms with Crippen molar-refractivity contribution in [3.8, 4) is 0 Å². The second kappa shape index (κ2) is 6.43. The fraction of sp³-hybridized carbons (Fsp3) is 0.333. The molecule has 0 aliphatic heterocycles. The summed E-state index contributed by atoms with van der Waals surface area (Å²) in [5.74, 6) is 0.463. The highest BCUT2D eigenvalue weighted by Crippen LogP contribution is 2.15. The molecule has 6 heteroatoms. The minimum absolute atomic E-state index is 0.210. The maximum Gasteiger partial charge on any atom is 0.242 e. The van der Waals surface area contributed by atoms with Crippen molar-refractivity contribution in [3.05, 3.63) is 53.3 Å². The van der Waals surface area contributed by atoms with Crippen molar-refractivity contribution < 1.29 is 8.42 Å². The monoisotopic (exact) mass is 307 g/mol. The van der Waals surface area contributed by atoms with Crippen molar-refractivity contribution in [2.24, 2.45) is 5.73 Å². The average molecular weight is 307 g/mol. The van der Waals surface area contributed by atoms with Gasteiger partial charge in [0.2, 0.25) is 10.0 Å². The highest BCUT2D eigenvalue weighted by molar-refractivity contribution is 7.89. The Bertz CT molecular complexity index is 688. The normalized spacial score (nSPS) is 12.0. The van der Waals surface area contributed by atoms with Crippen LogP contribution in [0.4, 0.5) is 0 Å². The Balaban J connectivity index is 2.04. The van der Waals surface area contributed by atoms with Gasteiger partial charge in [0.1, 0.15) is 0 Å². The lowest BCUT2D eigenvalue weighted by molar-refractivity contribution is 0.581. The van der Waals surface area contributed by atoms with Crippen LogP contribution in [0, 0.1) is 0 Å². The van der Waals surface area contributed by atoms with Crippen LogP contribution in [0.2, 0.25) is 0 Å². The molecule has 2 rings (SSSR count). The number of nitrogens with two attached hydrogens (primary N) is 1. The minimum Gasteiger partial charge on any atom is -0.363 e. The van der Waals surface area contributed by atoms with E-state index in [0.29, 0.717) is 11.6 Å². The predicted octanol–water partition coefficient (Wildman–Crippen LogP) is 2.08. The molecule has 1 aromatic carbocycles. The zero-order valence-corrected chi connectivity index (χ0v) is 13.1. The number of hydrogen-bond acceptors (Lipinski definition) is 3. The van der Waals surface area contributed by atoms with E-state index in [-0.39, 0.29) is 18.0 Å². The van der Waals surface area contributed by atoms with Gasteiger partial charge in [0.15, 0.2) is 0 Å². The first kappa shape index (κ1) is 15.8. The molecule has 21 heavy (non-hydrogen) atoms. The topological polar surface area (TPSA) is 88.0 Å². The number of sulfonamides is 1. The standard InChI is InChI=1S/C15H21N3O2S/c1-11(2)13-5-3-12(4-6-13)9-18-21(19,20)15-7-14(8-16)17-10-15/h3-7,10-11,17-18H,8-9,16H2,1-2H3. The SMILES string of the molecule is CC(C)c1ccc(CNS(=O)(=O)c2c[nH]c(CN)c2)cc1. The van der Waals surface area contributed by atoms with Crippen LogP contribution in [0.3, 0.4) is 0 Å². The summed E-state index contributed by atoms with van der Waals surface area (Å²) in [6, 6.07) is 9.49. The molecule has 0 aliphatic carbocycles. The Morgan fingerprint density at radius 3 is 2.43 bits per heavy atom. The summed E-state index contributed by atoms with van der Waals surface area (Å²) in [7, 11) is -3.51. The summed E-state index contributed by atoms with van der Waals surface area (Å²) in [6.45, 7) is 4.80. The number of hydrogen-bond donors (Lipinski definition) is 3. The van der Waals surface area contributed by atoms with Crippen LogP contribution in [0.1, 0.15) is 36.6 Å². The molecular formula is C15H21N3O2S. The molecule has 0 fully saturated rings.